The first-order valence-electron chi connectivity index (χ1n) is 10.3. The van der Waals surface area contributed by atoms with Crippen molar-refractivity contribution in [2.24, 2.45) is 10.9 Å². The number of aryl methyl sites for hydroxylation is 2. The molecular weight excluding hydrogens is 474 g/mol. The summed E-state index contributed by atoms with van der Waals surface area (Å²) in [4.78, 5) is 18.2. The maximum Gasteiger partial charge on any atom is 0.252 e. The molecule has 4 rings (SSSR count). The van der Waals surface area contributed by atoms with Crippen LogP contribution in [0.4, 0.5) is 0 Å². The minimum Gasteiger partial charge on any atom is -0.316 e. The van der Waals surface area contributed by atoms with E-state index in [1.807, 2.05) is 13.0 Å². The first kappa shape index (κ1) is 22.7. The molecule has 2 aromatic heterocycles. The van der Waals surface area contributed by atoms with Gasteiger partial charge in [-0.1, -0.05) is 42.0 Å². The van der Waals surface area contributed by atoms with E-state index in [1.165, 1.54) is 27.3 Å². The van der Waals surface area contributed by atoms with Crippen molar-refractivity contribution >= 4 is 60.4 Å². The molecule has 1 aromatic carbocycles. The van der Waals surface area contributed by atoms with Crippen LogP contribution in [0, 0.1) is 5.92 Å². The number of halogens is 1. The topological polar surface area (TPSA) is 71.7 Å². The van der Waals surface area contributed by atoms with Gasteiger partial charge in [0.2, 0.25) is 0 Å². The van der Waals surface area contributed by atoms with Crippen molar-refractivity contribution < 1.29 is 13.2 Å². The molecule has 1 saturated heterocycles. The van der Waals surface area contributed by atoms with Crippen molar-refractivity contribution in [3.8, 4) is 0 Å². The summed E-state index contributed by atoms with van der Waals surface area (Å²) in [7, 11) is -3.65. The Morgan fingerprint density at radius 2 is 2.03 bits per heavy atom. The molecule has 31 heavy (non-hydrogen) atoms. The monoisotopic (exact) mass is 497 g/mol. The predicted octanol–water partition coefficient (Wildman–Crippen LogP) is 4.53. The van der Waals surface area contributed by atoms with Crippen LogP contribution in [0.5, 0.6) is 0 Å². The zero-order chi connectivity index (χ0) is 22.2. The van der Waals surface area contributed by atoms with E-state index in [2.05, 4.69) is 28.6 Å². The number of hydrogen-bond donors (Lipinski definition) is 0. The zero-order valence-electron chi connectivity index (χ0n) is 17.4. The van der Waals surface area contributed by atoms with Crippen LogP contribution in [0.15, 0.2) is 39.5 Å². The van der Waals surface area contributed by atoms with Crippen LogP contribution < -0.4 is 4.80 Å². The zero-order valence-corrected chi connectivity index (χ0v) is 20.6. The van der Waals surface area contributed by atoms with Crippen molar-refractivity contribution in [3.63, 3.8) is 0 Å². The molecule has 1 atom stereocenters. The summed E-state index contributed by atoms with van der Waals surface area (Å²) in [6, 6.07) is 9.29. The van der Waals surface area contributed by atoms with Crippen molar-refractivity contribution in [1.82, 2.24) is 8.87 Å². The molecule has 3 aromatic rings. The number of thiophene rings is 1. The van der Waals surface area contributed by atoms with Gasteiger partial charge in [-0.05, 0) is 49.9 Å². The summed E-state index contributed by atoms with van der Waals surface area (Å²) in [5.74, 6) is -0.698. The number of piperidine rings is 1. The number of fused-ring (bicyclic) bond motifs is 1. The lowest BCUT2D eigenvalue weighted by molar-refractivity contribution is -0.122. The molecule has 10 heteroatoms. The van der Waals surface area contributed by atoms with Crippen LogP contribution in [-0.2, 0) is 27.8 Å². The van der Waals surface area contributed by atoms with E-state index < -0.39 is 15.9 Å². The van der Waals surface area contributed by atoms with Gasteiger partial charge in [-0.3, -0.25) is 4.79 Å². The third-order valence-corrected chi connectivity index (χ3v) is 10.2. The van der Waals surface area contributed by atoms with Gasteiger partial charge < -0.3 is 4.57 Å². The van der Waals surface area contributed by atoms with Gasteiger partial charge >= 0.3 is 0 Å². The van der Waals surface area contributed by atoms with Crippen LogP contribution >= 0.6 is 34.3 Å². The van der Waals surface area contributed by atoms with E-state index in [0.29, 0.717) is 35.1 Å². The van der Waals surface area contributed by atoms with Crippen LogP contribution in [0.2, 0.25) is 4.34 Å². The van der Waals surface area contributed by atoms with Crippen LogP contribution in [0.25, 0.3) is 10.2 Å². The smallest absolute Gasteiger partial charge is 0.252 e. The standard InChI is InChI=1S/C21H24ClN3O3S3/c1-3-14-7-5-9-16-19(14)25(4-2)21(29-16)23-20(26)15-8-6-12-24(13-15)31(27,28)18-11-10-17(22)30-18/h5,7,9-11,15H,3-4,6,8,12-13H2,1-2H3. The van der Waals surface area contributed by atoms with Gasteiger partial charge in [-0.25, -0.2) is 8.42 Å². The van der Waals surface area contributed by atoms with Crippen LogP contribution in [0.3, 0.4) is 0 Å². The number of thiazole rings is 1. The van der Waals surface area contributed by atoms with E-state index in [4.69, 9.17) is 11.6 Å². The quantitative estimate of drug-likeness (QED) is 0.520. The van der Waals surface area contributed by atoms with Gasteiger partial charge in [0, 0.05) is 19.6 Å². The van der Waals surface area contributed by atoms with Gasteiger partial charge in [-0.15, -0.1) is 11.3 Å². The predicted molar refractivity (Wildman–Crippen MR) is 126 cm³/mol. The molecular formula is C21H24ClN3O3S3. The van der Waals surface area contributed by atoms with Gasteiger partial charge in [0.1, 0.15) is 4.21 Å². The fourth-order valence-electron chi connectivity index (χ4n) is 3.98. The number of benzene rings is 1. The third kappa shape index (κ3) is 4.39. The average Bonchev–Trinajstić information content (AvgIpc) is 3.37. The fourth-order valence-corrected chi connectivity index (χ4v) is 8.29. The Hall–Kier alpha value is -1.52. The first-order chi connectivity index (χ1) is 14.8. The highest BCUT2D eigenvalue weighted by Gasteiger charge is 2.34. The highest BCUT2D eigenvalue weighted by atomic mass is 35.5. The second-order valence-electron chi connectivity index (χ2n) is 7.46. The fraction of sp³-hybridized carbons (Fsp3) is 0.429. The normalized spacial score (nSPS) is 18.7. The number of nitrogens with zero attached hydrogens (tertiary/aromatic N) is 3. The minimum atomic E-state index is -3.65. The Bertz CT molecular complexity index is 1290. The minimum absolute atomic E-state index is 0.150. The number of hydrogen-bond acceptors (Lipinski definition) is 5. The van der Waals surface area contributed by atoms with E-state index in [-0.39, 0.29) is 16.7 Å². The van der Waals surface area contributed by atoms with E-state index in [9.17, 15) is 13.2 Å². The number of amides is 1. The number of carbonyl (C=O) groups excluding carboxylic acids is 1. The van der Waals surface area contributed by atoms with E-state index in [1.54, 1.807) is 6.07 Å². The average molecular weight is 498 g/mol. The molecule has 3 heterocycles. The molecule has 6 nitrogen and oxygen atoms in total. The molecule has 0 saturated carbocycles. The Labute approximate surface area is 194 Å². The van der Waals surface area contributed by atoms with Gasteiger partial charge in [-0.2, -0.15) is 9.30 Å². The summed E-state index contributed by atoms with van der Waals surface area (Å²) in [5, 5.41) is 0. The number of aromatic nitrogens is 1. The van der Waals surface area contributed by atoms with Crippen molar-refractivity contribution in [3.05, 3.63) is 45.0 Å². The SMILES string of the molecule is CCc1cccc2sc(=NC(=O)C3CCCN(S(=O)(=O)c4ccc(Cl)s4)C3)n(CC)c12. The van der Waals surface area contributed by atoms with E-state index >= 15 is 0 Å². The third-order valence-electron chi connectivity index (χ3n) is 5.56. The number of sulfonamides is 1. The Morgan fingerprint density at radius 3 is 2.71 bits per heavy atom. The molecule has 1 aliphatic heterocycles. The lowest BCUT2D eigenvalue weighted by Gasteiger charge is -2.29. The number of rotatable bonds is 5. The molecule has 0 aliphatic carbocycles. The summed E-state index contributed by atoms with van der Waals surface area (Å²) >= 11 is 8.47. The molecule has 0 spiro atoms. The Kier molecular flexibility index (Phi) is 6.69. The van der Waals surface area contributed by atoms with Gasteiger partial charge in [0.15, 0.2) is 4.80 Å². The Balaban J connectivity index is 1.64. The second-order valence-corrected chi connectivity index (χ2v) is 12.3. The lowest BCUT2D eigenvalue weighted by Crippen LogP contribution is -2.42. The first-order valence-corrected chi connectivity index (χ1v) is 13.8. The van der Waals surface area contributed by atoms with Gasteiger partial charge in [0.05, 0.1) is 20.5 Å². The molecule has 1 amide bonds. The highest BCUT2D eigenvalue weighted by Crippen LogP contribution is 2.31. The van der Waals surface area contributed by atoms with Crippen LogP contribution in [0.1, 0.15) is 32.3 Å². The van der Waals surface area contributed by atoms with Crippen molar-refractivity contribution in [2.45, 2.75) is 43.9 Å². The molecule has 1 fully saturated rings. The highest BCUT2D eigenvalue weighted by molar-refractivity contribution is 7.91. The maximum atomic E-state index is 13.1. The van der Waals surface area contributed by atoms with Crippen molar-refractivity contribution in [2.75, 3.05) is 13.1 Å². The molecule has 166 valence electrons. The van der Waals surface area contributed by atoms with E-state index in [0.717, 1.165) is 28.0 Å². The summed E-state index contributed by atoms with van der Waals surface area (Å²) in [6.45, 7) is 5.43. The van der Waals surface area contributed by atoms with Crippen LogP contribution in [-0.4, -0.2) is 36.3 Å². The van der Waals surface area contributed by atoms with Gasteiger partial charge in [0.25, 0.3) is 15.9 Å². The largest absolute Gasteiger partial charge is 0.316 e. The van der Waals surface area contributed by atoms with Crippen molar-refractivity contribution in [1.29, 1.82) is 0 Å². The second kappa shape index (κ2) is 9.15. The Morgan fingerprint density at radius 1 is 1.23 bits per heavy atom. The summed E-state index contributed by atoms with van der Waals surface area (Å²) in [5.41, 5.74) is 2.36. The molecule has 1 aliphatic rings. The number of carbonyl (C=O) groups is 1. The summed E-state index contributed by atoms with van der Waals surface area (Å²) in [6.07, 6.45) is 2.17. The molecule has 0 N–H and O–H groups in total. The lowest BCUT2D eigenvalue weighted by atomic mass is 9.99. The molecule has 0 bridgehead atoms. The molecule has 1 unspecified atom stereocenters. The summed E-state index contributed by atoms with van der Waals surface area (Å²) < 4.78 is 31.1. The molecule has 0 radical (unpaired) electrons. The number of para-hydroxylation sites is 1. The maximum absolute atomic E-state index is 13.1.